The Morgan fingerprint density at radius 3 is 1.77 bits per heavy atom. The van der Waals surface area contributed by atoms with E-state index in [9.17, 15) is 0 Å². The number of thiophene rings is 1. The average Bonchev–Trinajstić information content (AvgIpc) is 3.03. The monoisotopic (exact) mass is 363 g/mol. The molecule has 0 saturated carbocycles. The minimum absolute atomic E-state index is 0.568. The summed E-state index contributed by atoms with van der Waals surface area (Å²) in [4.78, 5) is 3.65. The molecule has 0 fully saturated rings. The van der Waals surface area contributed by atoms with Crippen molar-refractivity contribution in [1.29, 1.82) is 0 Å². The third kappa shape index (κ3) is 3.86. The highest BCUT2D eigenvalue weighted by Crippen LogP contribution is 2.39. The van der Waals surface area contributed by atoms with Crippen LogP contribution in [0.3, 0.4) is 0 Å². The molecule has 0 aliphatic rings. The Morgan fingerprint density at radius 1 is 0.769 bits per heavy atom. The molecule has 0 bridgehead atoms. The molecule has 0 radical (unpaired) electrons. The van der Waals surface area contributed by atoms with Crippen LogP contribution in [0, 0.1) is 6.92 Å². The number of rotatable bonds is 5. The molecule has 0 spiro atoms. The van der Waals surface area contributed by atoms with Gasteiger partial charge in [-0.05, 0) is 59.2 Å². The number of aryl methyl sites for hydroxylation is 1. The molecule has 0 N–H and O–H groups in total. The molecule has 0 atom stereocenters. The second-order valence-electron chi connectivity index (χ2n) is 7.68. The van der Waals surface area contributed by atoms with Crippen LogP contribution in [0.2, 0.25) is 0 Å². The van der Waals surface area contributed by atoms with E-state index in [1.54, 1.807) is 0 Å². The van der Waals surface area contributed by atoms with E-state index in [0.717, 1.165) is 0 Å². The molecule has 1 heterocycles. The molecule has 0 aliphatic heterocycles. The van der Waals surface area contributed by atoms with Gasteiger partial charge in [-0.25, -0.2) is 0 Å². The third-order valence-corrected chi connectivity index (χ3v) is 6.38. The second kappa shape index (κ2) is 7.67. The van der Waals surface area contributed by atoms with Crippen molar-refractivity contribution < 1.29 is 0 Å². The molecule has 0 unspecified atom stereocenters. The Balaban J connectivity index is 1.87. The van der Waals surface area contributed by atoms with Crippen molar-refractivity contribution in [2.24, 2.45) is 0 Å². The highest BCUT2D eigenvalue weighted by molar-refractivity contribution is 7.19. The molecule has 1 nitrogen and oxygen atoms in total. The summed E-state index contributed by atoms with van der Waals surface area (Å²) in [6.45, 7) is 11.2. The van der Waals surface area contributed by atoms with Gasteiger partial charge >= 0.3 is 0 Å². The summed E-state index contributed by atoms with van der Waals surface area (Å²) in [5.41, 5.74) is 6.66. The minimum Gasteiger partial charge on any atom is -0.336 e. The number of hydrogen-bond donors (Lipinski definition) is 0. The summed E-state index contributed by atoms with van der Waals surface area (Å²) >= 11 is 1.87. The Morgan fingerprint density at radius 2 is 1.27 bits per heavy atom. The summed E-state index contributed by atoms with van der Waals surface area (Å²) in [6, 6.07) is 20.3. The van der Waals surface area contributed by atoms with E-state index in [1.807, 2.05) is 11.3 Å². The lowest BCUT2D eigenvalue weighted by Gasteiger charge is -2.18. The van der Waals surface area contributed by atoms with Gasteiger partial charge in [0.2, 0.25) is 0 Å². The van der Waals surface area contributed by atoms with Gasteiger partial charge in [0.15, 0.2) is 0 Å². The van der Waals surface area contributed by atoms with Gasteiger partial charge in [-0.1, -0.05) is 64.1 Å². The van der Waals surface area contributed by atoms with Crippen LogP contribution in [0.25, 0.3) is 10.4 Å². The van der Waals surface area contributed by atoms with Gasteiger partial charge in [-0.2, -0.15) is 0 Å². The quantitative estimate of drug-likeness (QED) is 0.448. The van der Waals surface area contributed by atoms with Crippen LogP contribution >= 0.6 is 11.3 Å². The maximum Gasteiger partial charge on any atom is 0.0959 e. The molecule has 0 amide bonds. The molecular weight excluding hydrogens is 334 g/mol. The SMILES string of the molecule is Cc1cc(N(C)c2ccc(C(C)C)cc2)sc1-c1ccc(C(C)C)cc1. The van der Waals surface area contributed by atoms with Crippen molar-refractivity contribution in [3.05, 3.63) is 71.3 Å². The fraction of sp³-hybridized carbons (Fsp3) is 0.333. The van der Waals surface area contributed by atoms with Crippen LogP contribution in [0.15, 0.2) is 54.6 Å². The van der Waals surface area contributed by atoms with Crippen molar-refractivity contribution in [1.82, 2.24) is 0 Å². The Kier molecular flexibility index (Phi) is 5.52. The second-order valence-corrected chi connectivity index (χ2v) is 8.71. The van der Waals surface area contributed by atoms with Gasteiger partial charge in [0, 0.05) is 17.6 Å². The van der Waals surface area contributed by atoms with E-state index in [1.165, 1.54) is 37.8 Å². The topological polar surface area (TPSA) is 3.24 Å². The first kappa shape index (κ1) is 18.7. The summed E-state index contributed by atoms with van der Waals surface area (Å²) in [7, 11) is 2.15. The van der Waals surface area contributed by atoms with Crippen molar-refractivity contribution >= 4 is 22.0 Å². The normalized spacial score (nSPS) is 11.4. The number of nitrogens with zero attached hydrogens (tertiary/aromatic N) is 1. The largest absolute Gasteiger partial charge is 0.336 e. The van der Waals surface area contributed by atoms with Crippen LogP contribution in [-0.4, -0.2) is 7.05 Å². The van der Waals surface area contributed by atoms with Gasteiger partial charge in [0.1, 0.15) is 0 Å². The molecule has 3 rings (SSSR count). The van der Waals surface area contributed by atoms with E-state index >= 15 is 0 Å². The standard InChI is InChI=1S/C24H29NS/c1-16(2)19-7-9-21(10-8-19)24-18(5)15-23(26-24)25(6)22-13-11-20(12-14-22)17(3)4/h7-17H,1-6H3. The third-order valence-electron chi connectivity index (χ3n) is 5.02. The molecule has 136 valence electrons. The van der Waals surface area contributed by atoms with Crippen molar-refractivity contribution in [3.63, 3.8) is 0 Å². The maximum absolute atomic E-state index is 2.30. The maximum atomic E-state index is 2.30. The van der Waals surface area contributed by atoms with Gasteiger partial charge < -0.3 is 4.90 Å². The predicted octanol–water partition coefficient (Wildman–Crippen LogP) is 7.74. The van der Waals surface area contributed by atoms with Crippen LogP contribution in [-0.2, 0) is 0 Å². The van der Waals surface area contributed by atoms with Gasteiger partial charge in [0.25, 0.3) is 0 Å². The summed E-state index contributed by atoms with van der Waals surface area (Å²) in [5.74, 6) is 1.14. The van der Waals surface area contributed by atoms with Crippen LogP contribution in [0.1, 0.15) is 56.2 Å². The number of benzene rings is 2. The lowest BCUT2D eigenvalue weighted by Crippen LogP contribution is -2.07. The first-order chi connectivity index (χ1) is 12.4. The van der Waals surface area contributed by atoms with Gasteiger partial charge in [-0.3, -0.25) is 0 Å². The smallest absolute Gasteiger partial charge is 0.0959 e. The molecule has 26 heavy (non-hydrogen) atoms. The number of hydrogen-bond acceptors (Lipinski definition) is 2. The molecule has 1 aromatic heterocycles. The fourth-order valence-electron chi connectivity index (χ4n) is 3.15. The lowest BCUT2D eigenvalue weighted by atomic mass is 10.0. The highest BCUT2D eigenvalue weighted by Gasteiger charge is 2.13. The molecule has 2 heteroatoms. The lowest BCUT2D eigenvalue weighted by molar-refractivity contribution is 0.866. The van der Waals surface area contributed by atoms with E-state index in [-0.39, 0.29) is 0 Å². The van der Waals surface area contributed by atoms with Crippen molar-refractivity contribution in [3.8, 4) is 10.4 Å². The Hall–Kier alpha value is -2.06. The first-order valence-corrected chi connectivity index (χ1v) is 10.2. The molecular formula is C24H29NS. The average molecular weight is 364 g/mol. The minimum atomic E-state index is 0.568. The zero-order valence-electron chi connectivity index (χ0n) is 16.7. The first-order valence-electron chi connectivity index (χ1n) is 9.41. The Labute approximate surface area is 162 Å². The zero-order valence-corrected chi connectivity index (χ0v) is 17.5. The van der Waals surface area contributed by atoms with Gasteiger partial charge in [0.05, 0.1) is 5.00 Å². The predicted molar refractivity (Wildman–Crippen MR) is 117 cm³/mol. The fourth-order valence-corrected chi connectivity index (χ4v) is 4.31. The van der Waals surface area contributed by atoms with E-state index in [4.69, 9.17) is 0 Å². The van der Waals surface area contributed by atoms with Crippen LogP contribution in [0.4, 0.5) is 10.7 Å². The zero-order chi connectivity index (χ0) is 18.8. The molecule has 0 aliphatic carbocycles. The molecule has 3 aromatic rings. The van der Waals surface area contributed by atoms with Crippen LogP contribution in [0.5, 0.6) is 0 Å². The summed E-state index contributed by atoms with van der Waals surface area (Å²) in [6.07, 6.45) is 0. The summed E-state index contributed by atoms with van der Waals surface area (Å²) in [5, 5.41) is 1.28. The van der Waals surface area contributed by atoms with E-state index in [2.05, 4.69) is 101 Å². The summed E-state index contributed by atoms with van der Waals surface area (Å²) < 4.78 is 0. The Bertz CT molecular complexity index is 854. The van der Waals surface area contributed by atoms with Crippen molar-refractivity contribution in [2.45, 2.75) is 46.5 Å². The highest BCUT2D eigenvalue weighted by atomic mass is 32.1. The molecule has 0 saturated heterocycles. The van der Waals surface area contributed by atoms with E-state index < -0.39 is 0 Å². The van der Waals surface area contributed by atoms with Gasteiger partial charge in [-0.15, -0.1) is 11.3 Å². The molecule has 2 aromatic carbocycles. The van der Waals surface area contributed by atoms with Crippen LogP contribution < -0.4 is 4.90 Å². The van der Waals surface area contributed by atoms with E-state index in [0.29, 0.717) is 11.8 Å². The number of anilines is 2. The van der Waals surface area contributed by atoms with Crippen molar-refractivity contribution in [2.75, 3.05) is 11.9 Å².